The molecule has 1 amide bonds. The highest BCUT2D eigenvalue weighted by Crippen LogP contribution is 2.00. The minimum atomic E-state index is -0.163. The third kappa shape index (κ3) is 3.51. The van der Waals surface area contributed by atoms with Crippen molar-refractivity contribution in [1.29, 1.82) is 0 Å². The van der Waals surface area contributed by atoms with Crippen molar-refractivity contribution in [3.8, 4) is 0 Å². The molecule has 3 heteroatoms. The number of benzene rings is 1. The van der Waals surface area contributed by atoms with Gasteiger partial charge in [0.25, 0.3) is 0 Å². The van der Waals surface area contributed by atoms with E-state index in [-0.39, 0.29) is 5.91 Å². The van der Waals surface area contributed by atoms with Crippen molar-refractivity contribution in [2.24, 2.45) is 5.10 Å². The molecule has 1 aromatic rings. The third-order valence-electron chi connectivity index (χ3n) is 1.48. The van der Waals surface area contributed by atoms with Crippen molar-refractivity contribution >= 4 is 12.1 Å². The number of rotatable bonds is 2. The van der Waals surface area contributed by atoms with E-state index in [9.17, 15) is 4.79 Å². The Morgan fingerprint density at radius 3 is 2.92 bits per heavy atom. The van der Waals surface area contributed by atoms with Gasteiger partial charge in [0.2, 0.25) is 5.91 Å². The number of hydrogen-bond acceptors (Lipinski definition) is 2. The van der Waals surface area contributed by atoms with E-state index in [0.717, 1.165) is 5.56 Å². The standard InChI is InChI=1S/C10H12N2O/c1-8-4-3-5-10(6-8)7-11-12-9(2)13/h3-7H,1-2H3,(H,12,13). The fourth-order valence-electron chi connectivity index (χ4n) is 0.948. The van der Waals surface area contributed by atoms with Gasteiger partial charge >= 0.3 is 0 Å². The molecule has 0 saturated heterocycles. The molecule has 0 atom stereocenters. The minimum Gasteiger partial charge on any atom is -0.274 e. The van der Waals surface area contributed by atoms with Gasteiger partial charge in [-0.05, 0) is 12.5 Å². The number of nitrogens with one attached hydrogen (secondary N) is 1. The van der Waals surface area contributed by atoms with E-state index in [1.165, 1.54) is 12.5 Å². The lowest BCUT2D eigenvalue weighted by Gasteiger charge is -1.94. The highest BCUT2D eigenvalue weighted by atomic mass is 16.2. The number of nitrogens with zero attached hydrogens (tertiary/aromatic N) is 1. The van der Waals surface area contributed by atoms with E-state index < -0.39 is 0 Å². The van der Waals surface area contributed by atoms with E-state index in [4.69, 9.17) is 0 Å². The molecule has 0 aliphatic rings. The summed E-state index contributed by atoms with van der Waals surface area (Å²) in [4.78, 5) is 10.5. The molecule has 0 unspecified atom stereocenters. The van der Waals surface area contributed by atoms with Crippen molar-refractivity contribution in [2.45, 2.75) is 13.8 Å². The summed E-state index contributed by atoms with van der Waals surface area (Å²) >= 11 is 0. The first-order valence-corrected chi connectivity index (χ1v) is 4.05. The molecule has 0 bridgehead atoms. The summed E-state index contributed by atoms with van der Waals surface area (Å²) in [6.07, 6.45) is 1.62. The van der Waals surface area contributed by atoms with Crippen LogP contribution in [-0.2, 0) is 4.79 Å². The zero-order valence-electron chi connectivity index (χ0n) is 7.74. The van der Waals surface area contributed by atoms with Crippen LogP contribution in [-0.4, -0.2) is 12.1 Å². The van der Waals surface area contributed by atoms with E-state index >= 15 is 0 Å². The molecule has 0 heterocycles. The van der Waals surface area contributed by atoms with Gasteiger partial charge in [-0.15, -0.1) is 0 Å². The quantitative estimate of drug-likeness (QED) is 0.538. The van der Waals surface area contributed by atoms with Crippen LogP contribution in [0.4, 0.5) is 0 Å². The van der Waals surface area contributed by atoms with E-state index in [1.807, 2.05) is 31.2 Å². The van der Waals surface area contributed by atoms with Crippen LogP contribution in [0.25, 0.3) is 0 Å². The number of amides is 1. The van der Waals surface area contributed by atoms with Crippen LogP contribution in [0.1, 0.15) is 18.1 Å². The molecule has 68 valence electrons. The monoisotopic (exact) mass is 176 g/mol. The van der Waals surface area contributed by atoms with E-state index in [1.54, 1.807) is 6.21 Å². The van der Waals surface area contributed by atoms with Crippen LogP contribution in [0, 0.1) is 6.92 Å². The van der Waals surface area contributed by atoms with Gasteiger partial charge in [-0.2, -0.15) is 5.10 Å². The Bertz CT molecular complexity index is 331. The zero-order chi connectivity index (χ0) is 9.68. The van der Waals surface area contributed by atoms with Gasteiger partial charge in [0, 0.05) is 6.92 Å². The third-order valence-corrected chi connectivity index (χ3v) is 1.48. The van der Waals surface area contributed by atoms with Crippen LogP contribution in [0.2, 0.25) is 0 Å². The first kappa shape index (κ1) is 9.45. The predicted molar refractivity (Wildman–Crippen MR) is 52.6 cm³/mol. The van der Waals surface area contributed by atoms with Gasteiger partial charge in [0.15, 0.2) is 0 Å². The molecule has 0 aliphatic heterocycles. The molecule has 3 nitrogen and oxygen atoms in total. The Morgan fingerprint density at radius 1 is 1.54 bits per heavy atom. The molecule has 0 radical (unpaired) electrons. The first-order chi connectivity index (χ1) is 6.18. The molecule has 0 spiro atoms. The average Bonchev–Trinajstić information content (AvgIpc) is 2.03. The van der Waals surface area contributed by atoms with Crippen LogP contribution in [0.3, 0.4) is 0 Å². The summed E-state index contributed by atoms with van der Waals surface area (Å²) in [7, 11) is 0. The SMILES string of the molecule is CC(=O)NN=Cc1cccc(C)c1. The lowest BCUT2D eigenvalue weighted by Crippen LogP contribution is -2.12. The van der Waals surface area contributed by atoms with Gasteiger partial charge in [0.05, 0.1) is 6.21 Å². The molecule has 1 rings (SSSR count). The maximum atomic E-state index is 10.5. The maximum Gasteiger partial charge on any atom is 0.236 e. The van der Waals surface area contributed by atoms with Crippen molar-refractivity contribution in [3.63, 3.8) is 0 Å². The van der Waals surface area contributed by atoms with E-state index in [2.05, 4.69) is 10.5 Å². The molecule has 1 N–H and O–H groups in total. The van der Waals surface area contributed by atoms with Crippen LogP contribution in [0.15, 0.2) is 29.4 Å². The summed E-state index contributed by atoms with van der Waals surface area (Å²) in [6, 6.07) is 7.88. The Morgan fingerprint density at radius 2 is 2.31 bits per heavy atom. The van der Waals surface area contributed by atoms with Crippen molar-refractivity contribution in [2.75, 3.05) is 0 Å². The molecular formula is C10H12N2O. The lowest BCUT2D eigenvalue weighted by molar-refractivity contribution is -0.118. The minimum absolute atomic E-state index is 0.163. The number of aryl methyl sites for hydroxylation is 1. The van der Waals surface area contributed by atoms with Crippen LogP contribution < -0.4 is 5.43 Å². The molecule has 13 heavy (non-hydrogen) atoms. The Balaban J connectivity index is 2.63. The number of carbonyl (C=O) groups excluding carboxylic acids is 1. The largest absolute Gasteiger partial charge is 0.274 e. The summed E-state index contributed by atoms with van der Waals surface area (Å²) in [6.45, 7) is 3.43. The summed E-state index contributed by atoms with van der Waals surface area (Å²) < 4.78 is 0. The normalized spacial score (nSPS) is 10.3. The predicted octanol–water partition coefficient (Wildman–Crippen LogP) is 1.47. The van der Waals surface area contributed by atoms with Crippen molar-refractivity contribution in [3.05, 3.63) is 35.4 Å². The zero-order valence-corrected chi connectivity index (χ0v) is 7.74. The van der Waals surface area contributed by atoms with Crippen LogP contribution in [0.5, 0.6) is 0 Å². The van der Waals surface area contributed by atoms with Gasteiger partial charge in [-0.3, -0.25) is 4.79 Å². The Labute approximate surface area is 77.5 Å². The number of carbonyl (C=O) groups is 1. The first-order valence-electron chi connectivity index (χ1n) is 4.05. The number of hydrazone groups is 1. The molecule has 0 aromatic heterocycles. The Kier molecular flexibility index (Phi) is 3.20. The van der Waals surface area contributed by atoms with Gasteiger partial charge in [0.1, 0.15) is 0 Å². The van der Waals surface area contributed by atoms with Crippen molar-refractivity contribution < 1.29 is 4.79 Å². The average molecular weight is 176 g/mol. The van der Waals surface area contributed by atoms with E-state index in [0.29, 0.717) is 0 Å². The Hall–Kier alpha value is -1.64. The maximum absolute atomic E-state index is 10.5. The summed E-state index contributed by atoms with van der Waals surface area (Å²) in [5.74, 6) is -0.163. The number of hydrogen-bond donors (Lipinski definition) is 1. The second-order valence-corrected chi connectivity index (χ2v) is 2.84. The lowest BCUT2D eigenvalue weighted by atomic mass is 10.2. The van der Waals surface area contributed by atoms with Crippen LogP contribution >= 0.6 is 0 Å². The van der Waals surface area contributed by atoms with Crippen molar-refractivity contribution in [1.82, 2.24) is 5.43 Å². The summed E-state index contributed by atoms with van der Waals surface area (Å²) in [5, 5.41) is 3.76. The smallest absolute Gasteiger partial charge is 0.236 e. The molecule has 0 fully saturated rings. The highest BCUT2D eigenvalue weighted by molar-refractivity contribution is 5.81. The molecule has 1 aromatic carbocycles. The fraction of sp³-hybridized carbons (Fsp3) is 0.200. The van der Waals surface area contributed by atoms with Gasteiger partial charge < -0.3 is 0 Å². The topological polar surface area (TPSA) is 41.5 Å². The second-order valence-electron chi connectivity index (χ2n) is 2.84. The summed E-state index contributed by atoms with van der Waals surface area (Å²) in [5.41, 5.74) is 4.50. The highest BCUT2D eigenvalue weighted by Gasteiger charge is 1.88. The molecule has 0 aliphatic carbocycles. The van der Waals surface area contributed by atoms with Gasteiger partial charge in [-0.25, -0.2) is 5.43 Å². The second kappa shape index (κ2) is 4.40. The molecule has 0 saturated carbocycles. The fourth-order valence-corrected chi connectivity index (χ4v) is 0.948. The van der Waals surface area contributed by atoms with Gasteiger partial charge in [-0.1, -0.05) is 29.8 Å². The molecular weight excluding hydrogens is 164 g/mol.